The van der Waals surface area contributed by atoms with Gasteiger partial charge in [-0.15, -0.1) is 0 Å². The molecule has 9 nitrogen and oxygen atoms in total. The summed E-state index contributed by atoms with van der Waals surface area (Å²) in [6.07, 6.45) is 5.71. The van der Waals surface area contributed by atoms with Crippen LogP contribution in [0, 0.1) is 0 Å². The van der Waals surface area contributed by atoms with Crippen molar-refractivity contribution in [1.82, 2.24) is 29.6 Å². The Morgan fingerprint density at radius 1 is 0.902 bits per heavy atom. The molecule has 2 bridgehead atoms. The first-order valence-electron chi connectivity index (χ1n) is 14.5. The highest BCUT2D eigenvalue weighted by Gasteiger charge is 2.24. The molecule has 2 aliphatic heterocycles. The van der Waals surface area contributed by atoms with E-state index in [9.17, 15) is 9.59 Å². The highest BCUT2D eigenvalue weighted by atomic mass is 16.5. The summed E-state index contributed by atoms with van der Waals surface area (Å²) >= 11 is 0. The number of carbonyl (C=O) groups is 2. The third kappa shape index (κ3) is 7.28. The second-order valence-electron chi connectivity index (χ2n) is 11.2. The minimum Gasteiger partial charge on any atom is -0.491 e. The molecule has 1 saturated heterocycles. The second-order valence-corrected chi connectivity index (χ2v) is 11.2. The van der Waals surface area contributed by atoms with Crippen LogP contribution < -0.4 is 4.74 Å². The van der Waals surface area contributed by atoms with Gasteiger partial charge in [0.05, 0.1) is 13.1 Å². The van der Waals surface area contributed by atoms with Gasteiger partial charge in [-0.2, -0.15) is 0 Å². The molecule has 41 heavy (non-hydrogen) atoms. The van der Waals surface area contributed by atoms with Crippen LogP contribution in [0.25, 0.3) is 11.1 Å². The van der Waals surface area contributed by atoms with Crippen LogP contribution >= 0.6 is 0 Å². The fourth-order valence-corrected chi connectivity index (χ4v) is 5.47. The Balaban J connectivity index is 1.37. The molecule has 2 aliphatic rings. The van der Waals surface area contributed by atoms with Crippen molar-refractivity contribution in [3.05, 3.63) is 77.9 Å². The van der Waals surface area contributed by atoms with Crippen molar-refractivity contribution < 1.29 is 14.3 Å². The first-order valence-corrected chi connectivity index (χ1v) is 14.5. The molecule has 0 atom stereocenters. The number of rotatable bonds is 4. The maximum absolute atomic E-state index is 13.5. The van der Waals surface area contributed by atoms with Gasteiger partial charge in [0.15, 0.2) is 0 Å². The number of piperazine rings is 1. The van der Waals surface area contributed by atoms with E-state index >= 15 is 0 Å². The molecule has 1 aromatic heterocycles. The minimum absolute atomic E-state index is 0.0484. The summed E-state index contributed by atoms with van der Waals surface area (Å²) in [5.41, 5.74) is 4.59. The summed E-state index contributed by atoms with van der Waals surface area (Å²) in [5.74, 6) is 0.794. The van der Waals surface area contributed by atoms with Crippen molar-refractivity contribution >= 4 is 11.8 Å². The Hall–Kier alpha value is -3.82. The fourth-order valence-electron chi connectivity index (χ4n) is 5.47. The predicted molar refractivity (Wildman–Crippen MR) is 159 cm³/mol. The Morgan fingerprint density at radius 2 is 1.68 bits per heavy atom. The zero-order chi connectivity index (χ0) is 28.8. The van der Waals surface area contributed by atoms with E-state index in [2.05, 4.69) is 39.7 Å². The average molecular weight is 557 g/mol. The van der Waals surface area contributed by atoms with Gasteiger partial charge in [0.25, 0.3) is 5.91 Å². The molecule has 0 saturated carbocycles. The van der Waals surface area contributed by atoms with Crippen LogP contribution in [0.3, 0.4) is 0 Å². The topological polar surface area (TPSA) is 82.1 Å². The highest BCUT2D eigenvalue weighted by Crippen LogP contribution is 2.29. The van der Waals surface area contributed by atoms with Crippen LogP contribution in [0.2, 0.25) is 0 Å². The van der Waals surface area contributed by atoms with Crippen LogP contribution in [0.5, 0.6) is 5.75 Å². The quantitative estimate of drug-likeness (QED) is 0.489. The Kier molecular flexibility index (Phi) is 9.26. The molecule has 3 heterocycles. The lowest BCUT2D eigenvalue weighted by atomic mass is 9.98. The van der Waals surface area contributed by atoms with E-state index in [4.69, 9.17) is 4.74 Å². The third-order valence-corrected chi connectivity index (χ3v) is 8.04. The summed E-state index contributed by atoms with van der Waals surface area (Å²) in [7, 11) is 1.80. The minimum atomic E-state index is -0.0484. The van der Waals surface area contributed by atoms with E-state index in [1.165, 1.54) is 6.33 Å². The van der Waals surface area contributed by atoms with Crippen molar-refractivity contribution in [1.29, 1.82) is 0 Å². The molecule has 5 rings (SSSR count). The van der Waals surface area contributed by atoms with Crippen LogP contribution in [0.4, 0.5) is 0 Å². The maximum atomic E-state index is 13.5. The van der Waals surface area contributed by atoms with Crippen LogP contribution in [0.1, 0.15) is 35.3 Å². The third-order valence-electron chi connectivity index (χ3n) is 8.04. The zero-order valence-corrected chi connectivity index (χ0v) is 24.3. The Labute approximate surface area is 242 Å². The molecule has 0 aliphatic carbocycles. The van der Waals surface area contributed by atoms with Gasteiger partial charge in [-0.1, -0.05) is 18.2 Å². The van der Waals surface area contributed by atoms with E-state index < -0.39 is 0 Å². The Morgan fingerprint density at radius 3 is 2.44 bits per heavy atom. The maximum Gasteiger partial charge on any atom is 0.253 e. The first-order chi connectivity index (χ1) is 19.9. The standard InChI is InChI=1S/C32H40N6O3/c1-24(2)37-13-10-36(11-14-37)22-31(39)38-12-9-35(3)32(40)27-6-4-5-25(17-27)18-28-19-26(29-20-33-23-34-21-29)7-8-30(28)41-16-15-38/h4-8,17,19-21,23-24H,9-16,18,22H2,1-3H3. The number of benzene rings is 2. The SMILES string of the molecule is CC(C)N1CCN(CC(=O)N2CCOc3ccc(-c4cncnc4)cc3Cc3cccc(c3)C(=O)N(C)CC2)CC1. The molecule has 9 heteroatoms. The molecule has 1 fully saturated rings. The number of hydrogen-bond donors (Lipinski definition) is 0. The van der Waals surface area contributed by atoms with E-state index in [-0.39, 0.29) is 11.8 Å². The normalized spacial score (nSPS) is 17.6. The summed E-state index contributed by atoms with van der Waals surface area (Å²) in [5, 5.41) is 0. The molecular formula is C32H40N6O3. The monoisotopic (exact) mass is 556 g/mol. The van der Waals surface area contributed by atoms with Gasteiger partial charge in [-0.05, 0) is 54.8 Å². The fraction of sp³-hybridized carbons (Fsp3) is 0.438. The molecular weight excluding hydrogens is 516 g/mol. The lowest BCUT2D eigenvalue weighted by Crippen LogP contribution is -2.52. The summed E-state index contributed by atoms with van der Waals surface area (Å²) in [6.45, 7) is 10.2. The molecule has 2 aromatic carbocycles. The van der Waals surface area contributed by atoms with Crippen molar-refractivity contribution in [2.45, 2.75) is 26.3 Å². The van der Waals surface area contributed by atoms with Gasteiger partial charge in [0.2, 0.25) is 5.91 Å². The van der Waals surface area contributed by atoms with Gasteiger partial charge >= 0.3 is 0 Å². The van der Waals surface area contributed by atoms with E-state index in [1.807, 2.05) is 41.3 Å². The molecule has 0 unspecified atom stereocenters. The van der Waals surface area contributed by atoms with Gasteiger partial charge < -0.3 is 14.5 Å². The van der Waals surface area contributed by atoms with Crippen molar-refractivity contribution in [2.24, 2.45) is 0 Å². The lowest BCUT2D eigenvalue weighted by molar-refractivity contribution is -0.133. The highest BCUT2D eigenvalue weighted by molar-refractivity contribution is 5.94. The van der Waals surface area contributed by atoms with E-state index in [0.717, 1.165) is 54.2 Å². The van der Waals surface area contributed by atoms with Crippen molar-refractivity contribution in [3.8, 4) is 16.9 Å². The average Bonchev–Trinajstić information content (AvgIpc) is 2.99. The van der Waals surface area contributed by atoms with Crippen LogP contribution in [-0.2, 0) is 11.2 Å². The Bertz CT molecular complexity index is 1340. The van der Waals surface area contributed by atoms with Crippen molar-refractivity contribution in [2.75, 3.05) is 66.0 Å². The molecule has 216 valence electrons. The molecule has 2 amide bonds. The van der Waals surface area contributed by atoms with E-state index in [1.54, 1.807) is 24.3 Å². The van der Waals surface area contributed by atoms with Gasteiger partial charge in [-0.25, -0.2) is 9.97 Å². The van der Waals surface area contributed by atoms with Gasteiger partial charge in [-0.3, -0.25) is 19.4 Å². The number of likely N-dealkylation sites (N-methyl/N-ethyl adjacent to an activating group) is 1. The molecule has 0 N–H and O–H groups in total. The number of ether oxygens (including phenoxy) is 1. The largest absolute Gasteiger partial charge is 0.491 e. The van der Waals surface area contributed by atoms with Crippen LogP contribution in [0.15, 0.2) is 61.2 Å². The molecule has 0 radical (unpaired) electrons. The summed E-state index contributed by atoms with van der Waals surface area (Å²) in [6, 6.07) is 14.4. The van der Waals surface area contributed by atoms with E-state index in [0.29, 0.717) is 50.8 Å². The van der Waals surface area contributed by atoms with Crippen LogP contribution in [-0.4, -0.2) is 113 Å². The lowest BCUT2D eigenvalue weighted by Gasteiger charge is -2.37. The molecule has 0 spiro atoms. The number of aromatic nitrogens is 2. The number of nitrogens with zero attached hydrogens (tertiary/aromatic N) is 6. The predicted octanol–water partition coefficient (Wildman–Crippen LogP) is 3.05. The smallest absolute Gasteiger partial charge is 0.253 e. The first kappa shape index (κ1) is 28.7. The number of hydrogen-bond acceptors (Lipinski definition) is 7. The van der Waals surface area contributed by atoms with Gasteiger partial charge in [0.1, 0.15) is 18.7 Å². The number of fused-ring (bicyclic) bond motifs is 3. The molecule has 3 aromatic rings. The van der Waals surface area contributed by atoms with Crippen molar-refractivity contribution in [3.63, 3.8) is 0 Å². The number of carbonyl (C=O) groups excluding carboxylic acids is 2. The number of amides is 2. The summed E-state index contributed by atoms with van der Waals surface area (Å²) in [4.78, 5) is 43.4. The second kappa shape index (κ2) is 13.2. The zero-order valence-electron chi connectivity index (χ0n) is 24.3. The summed E-state index contributed by atoms with van der Waals surface area (Å²) < 4.78 is 6.33. The van der Waals surface area contributed by atoms with Gasteiger partial charge in [0, 0.05) is 82.3 Å².